The lowest BCUT2D eigenvalue weighted by molar-refractivity contribution is -0.120. The number of nitrogens with zero attached hydrogens (tertiary/aromatic N) is 3. The highest BCUT2D eigenvalue weighted by Gasteiger charge is 2.14. The van der Waals surface area contributed by atoms with Gasteiger partial charge in [-0.05, 0) is 31.5 Å². The lowest BCUT2D eigenvalue weighted by atomic mass is 10.2. The number of carbonyl (C=O) groups excluding carboxylic acids is 1. The fraction of sp³-hybridized carbons (Fsp3) is 0.278. The van der Waals surface area contributed by atoms with E-state index < -0.39 is 0 Å². The van der Waals surface area contributed by atoms with Crippen LogP contribution in [0.2, 0.25) is 5.02 Å². The van der Waals surface area contributed by atoms with E-state index in [9.17, 15) is 4.79 Å². The number of rotatable bonds is 6. The Morgan fingerprint density at radius 1 is 1.31 bits per heavy atom. The SMILES string of the molecule is COc1ccc(CNC(=O)Cc2csc(-n3nc(C)c(Cl)c3C)n2)cc1. The van der Waals surface area contributed by atoms with Gasteiger partial charge in [0.25, 0.3) is 0 Å². The predicted octanol–water partition coefficient (Wildman–Crippen LogP) is 3.47. The minimum absolute atomic E-state index is 0.0796. The van der Waals surface area contributed by atoms with Gasteiger partial charge in [0.15, 0.2) is 0 Å². The largest absolute Gasteiger partial charge is 0.497 e. The van der Waals surface area contributed by atoms with Crippen LogP contribution in [0, 0.1) is 13.8 Å². The maximum absolute atomic E-state index is 12.2. The van der Waals surface area contributed by atoms with E-state index >= 15 is 0 Å². The maximum Gasteiger partial charge on any atom is 0.226 e. The van der Waals surface area contributed by atoms with Crippen LogP contribution >= 0.6 is 22.9 Å². The van der Waals surface area contributed by atoms with Crippen LogP contribution in [0.25, 0.3) is 5.13 Å². The van der Waals surface area contributed by atoms with Crippen LogP contribution in [0.1, 0.15) is 22.6 Å². The Kier molecular flexibility index (Phi) is 5.58. The maximum atomic E-state index is 12.2. The van der Waals surface area contributed by atoms with Gasteiger partial charge in [0.1, 0.15) is 5.75 Å². The summed E-state index contributed by atoms with van der Waals surface area (Å²) in [5.41, 5.74) is 3.32. The Bertz CT molecular complexity index is 918. The molecule has 2 aromatic heterocycles. The second-order valence-electron chi connectivity index (χ2n) is 5.82. The predicted molar refractivity (Wildman–Crippen MR) is 102 cm³/mol. The number of benzene rings is 1. The van der Waals surface area contributed by atoms with Crippen molar-refractivity contribution in [3.63, 3.8) is 0 Å². The third-order valence-electron chi connectivity index (χ3n) is 3.91. The van der Waals surface area contributed by atoms with Gasteiger partial charge in [0, 0.05) is 11.9 Å². The van der Waals surface area contributed by atoms with Crippen molar-refractivity contribution in [2.45, 2.75) is 26.8 Å². The van der Waals surface area contributed by atoms with Crippen LogP contribution in [0.4, 0.5) is 0 Å². The highest BCUT2D eigenvalue weighted by atomic mass is 35.5. The number of hydrogen-bond donors (Lipinski definition) is 1. The van der Waals surface area contributed by atoms with Crippen molar-refractivity contribution in [2.24, 2.45) is 0 Å². The number of methoxy groups -OCH3 is 1. The van der Waals surface area contributed by atoms with Gasteiger partial charge < -0.3 is 10.1 Å². The summed E-state index contributed by atoms with van der Waals surface area (Å²) in [6, 6.07) is 7.58. The molecule has 0 aliphatic carbocycles. The molecule has 0 bridgehead atoms. The van der Waals surface area contributed by atoms with Gasteiger partial charge in [-0.15, -0.1) is 11.3 Å². The van der Waals surface area contributed by atoms with Crippen LogP contribution in [-0.2, 0) is 17.8 Å². The van der Waals surface area contributed by atoms with E-state index in [4.69, 9.17) is 16.3 Å². The van der Waals surface area contributed by atoms with Gasteiger partial charge in [0.2, 0.25) is 11.0 Å². The normalized spacial score (nSPS) is 10.8. The number of halogens is 1. The topological polar surface area (TPSA) is 69.0 Å². The highest BCUT2D eigenvalue weighted by Crippen LogP contribution is 2.24. The van der Waals surface area contributed by atoms with Crippen molar-refractivity contribution in [1.29, 1.82) is 0 Å². The molecule has 0 spiro atoms. The van der Waals surface area contributed by atoms with Gasteiger partial charge in [-0.2, -0.15) is 5.10 Å². The summed E-state index contributed by atoms with van der Waals surface area (Å²) in [6.07, 6.45) is 0.222. The van der Waals surface area contributed by atoms with Gasteiger partial charge in [0.05, 0.1) is 35.6 Å². The molecule has 1 N–H and O–H groups in total. The Hall–Kier alpha value is -2.38. The first-order chi connectivity index (χ1) is 12.5. The van der Waals surface area contributed by atoms with E-state index in [2.05, 4.69) is 15.4 Å². The number of amides is 1. The zero-order chi connectivity index (χ0) is 18.7. The number of thiazole rings is 1. The molecule has 0 aliphatic heterocycles. The van der Waals surface area contributed by atoms with Crippen molar-refractivity contribution in [1.82, 2.24) is 20.1 Å². The zero-order valence-electron chi connectivity index (χ0n) is 14.7. The molecule has 136 valence electrons. The molecule has 3 rings (SSSR count). The van der Waals surface area contributed by atoms with E-state index in [1.54, 1.807) is 11.8 Å². The monoisotopic (exact) mass is 390 g/mol. The van der Waals surface area contributed by atoms with Gasteiger partial charge in [-0.3, -0.25) is 4.79 Å². The molecule has 0 atom stereocenters. The molecular weight excluding hydrogens is 372 g/mol. The molecule has 1 aromatic carbocycles. The van der Waals surface area contributed by atoms with E-state index in [1.807, 2.05) is 43.5 Å². The van der Waals surface area contributed by atoms with Crippen molar-refractivity contribution >= 4 is 28.8 Å². The molecule has 6 nitrogen and oxygen atoms in total. The Labute approximate surface area is 160 Å². The van der Waals surface area contributed by atoms with Crippen LogP contribution in [-0.4, -0.2) is 27.8 Å². The number of aryl methyl sites for hydroxylation is 1. The molecule has 8 heteroatoms. The zero-order valence-corrected chi connectivity index (χ0v) is 16.3. The van der Waals surface area contributed by atoms with Crippen molar-refractivity contribution < 1.29 is 9.53 Å². The van der Waals surface area contributed by atoms with E-state index in [0.29, 0.717) is 22.4 Å². The molecule has 26 heavy (non-hydrogen) atoms. The first-order valence-corrected chi connectivity index (χ1v) is 9.30. The van der Waals surface area contributed by atoms with E-state index in [-0.39, 0.29) is 12.3 Å². The van der Waals surface area contributed by atoms with Gasteiger partial charge in [-0.1, -0.05) is 23.7 Å². The number of nitrogens with one attached hydrogen (secondary N) is 1. The van der Waals surface area contributed by atoms with Crippen LogP contribution in [0.3, 0.4) is 0 Å². The molecule has 3 aromatic rings. The Morgan fingerprint density at radius 3 is 2.65 bits per heavy atom. The number of aromatic nitrogens is 3. The number of hydrogen-bond acceptors (Lipinski definition) is 5. The van der Waals surface area contributed by atoms with Crippen molar-refractivity contribution in [2.75, 3.05) is 7.11 Å². The van der Waals surface area contributed by atoms with Crippen LogP contribution in [0.15, 0.2) is 29.6 Å². The molecule has 0 radical (unpaired) electrons. The fourth-order valence-corrected chi connectivity index (χ4v) is 3.40. The molecule has 2 heterocycles. The molecule has 0 unspecified atom stereocenters. The highest BCUT2D eigenvalue weighted by molar-refractivity contribution is 7.12. The van der Waals surface area contributed by atoms with Gasteiger partial charge in [-0.25, -0.2) is 9.67 Å². The second-order valence-corrected chi connectivity index (χ2v) is 7.03. The third kappa shape index (κ3) is 4.05. The molecule has 1 amide bonds. The molecule has 0 fully saturated rings. The van der Waals surface area contributed by atoms with Gasteiger partial charge >= 0.3 is 0 Å². The summed E-state index contributed by atoms with van der Waals surface area (Å²) in [6.45, 7) is 4.21. The average Bonchev–Trinajstić information content (AvgIpc) is 3.20. The molecule has 0 aliphatic rings. The third-order valence-corrected chi connectivity index (χ3v) is 5.33. The fourth-order valence-electron chi connectivity index (χ4n) is 2.46. The molecule has 0 saturated carbocycles. The molecular formula is C18H19ClN4O2S. The van der Waals surface area contributed by atoms with Crippen molar-refractivity contribution in [3.8, 4) is 10.9 Å². The summed E-state index contributed by atoms with van der Waals surface area (Å²) in [4.78, 5) is 16.7. The Morgan fingerprint density at radius 2 is 2.04 bits per heavy atom. The summed E-state index contributed by atoms with van der Waals surface area (Å²) in [5.74, 6) is 0.711. The first kappa shape index (κ1) is 18.4. The minimum Gasteiger partial charge on any atom is -0.497 e. The summed E-state index contributed by atoms with van der Waals surface area (Å²) in [7, 11) is 1.62. The van der Waals surface area contributed by atoms with Crippen LogP contribution < -0.4 is 10.1 Å². The number of carbonyl (C=O) groups is 1. The summed E-state index contributed by atoms with van der Waals surface area (Å²) < 4.78 is 6.83. The van der Waals surface area contributed by atoms with Crippen LogP contribution in [0.5, 0.6) is 5.75 Å². The minimum atomic E-state index is -0.0796. The number of ether oxygens (including phenoxy) is 1. The van der Waals surface area contributed by atoms with E-state index in [1.165, 1.54) is 11.3 Å². The quantitative estimate of drug-likeness (QED) is 0.699. The summed E-state index contributed by atoms with van der Waals surface area (Å²) in [5, 5.41) is 10.5. The summed E-state index contributed by atoms with van der Waals surface area (Å²) >= 11 is 7.62. The lowest BCUT2D eigenvalue weighted by Gasteiger charge is -2.05. The van der Waals surface area contributed by atoms with E-state index in [0.717, 1.165) is 22.7 Å². The van der Waals surface area contributed by atoms with Crippen molar-refractivity contribution in [3.05, 3.63) is 57.3 Å². The lowest BCUT2D eigenvalue weighted by Crippen LogP contribution is -2.24. The molecule has 0 saturated heterocycles. The average molecular weight is 391 g/mol. The standard InChI is InChI=1S/C18H19ClN4O2S/c1-11-17(19)12(2)23(22-11)18-21-14(10-26-18)8-16(24)20-9-13-4-6-15(25-3)7-5-13/h4-7,10H,8-9H2,1-3H3,(H,20,24). The first-order valence-electron chi connectivity index (χ1n) is 8.04. The smallest absolute Gasteiger partial charge is 0.226 e. The Balaban J connectivity index is 1.59. The second kappa shape index (κ2) is 7.88.